The van der Waals surface area contributed by atoms with Crippen LogP contribution < -0.4 is 14.4 Å². The highest BCUT2D eigenvalue weighted by atomic mass is 16.5. The fourth-order valence-electron chi connectivity index (χ4n) is 3.85. The van der Waals surface area contributed by atoms with Crippen LogP contribution in [0.15, 0.2) is 42.5 Å². The number of hydrogen-bond acceptors (Lipinski definition) is 2. The maximum absolute atomic E-state index is 6.15. The van der Waals surface area contributed by atoms with Crippen LogP contribution in [-0.2, 0) is 13.0 Å². The van der Waals surface area contributed by atoms with Crippen molar-refractivity contribution < 1.29 is 14.4 Å². The minimum absolute atomic E-state index is 0.543. The Balaban J connectivity index is 1.88. The second kappa shape index (κ2) is 8.59. The van der Waals surface area contributed by atoms with E-state index in [0.29, 0.717) is 25.2 Å². The number of rotatable bonds is 7. The van der Waals surface area contributed by atoms with Gasteiger partial charge in [0.2, 0.25) is 0 Å². The number of nitrogens with one attached hydrogen (secondary N) is 1. The Morgan fingerprint density at radius 2 is 1.81 bits per heavy atom. The minimum Gasteiger partial charge on any atom is -0.490 e. The smallest absolute Gasteiger partial charge is 0.161 e. The predicted octanol–water partition coefficient (Wildman–Crippen LogP) is 3.82. The fourth-order valence-corrected chi connectivity index (χ4v) is 3.85. The van der Waals surface area contributed by atoms with Crippen LogP contribution in [0, 0.1) is 5.92 Å². The standard InChI is InChI=1S/C23H31NO2/c1-5-25-23-15-20-19(11-12-24(4)21(20)13-17(2)3)14-22(23)26-16-18-9-7-6-8-10-18/h6-10,14-15,17,21H,5,11-13,16H2,1-4H3/p+1/t21-/m1/s1. The summed E-state index contributed by atoms with van der Waals surface area (Å²) < 4.78 is 12.1. The molecular formula is C23H32NO2+. The summed E-state index contributed by atoms with van der Waals surface area (Å²) in [6.45, 7) is 9.04. The molecule has 26 heavy (non-hydrogen) atoms. The third-order valence-corrected chi connectivity index (χ3v) is 5.21. The van der Waals surface area contributed by atoms with Crippen LogP contribution in [0.2, 0.25) is 0 Å². The monoisotopic (exact) mass is 354 g/mol. The number of quaternary nitrogens is 1. The van der Waals surface area contributed by atoms with E-state index in [1.54, 1.807) is 4.90 Å². The summed E-state index contributed by atoms with van der Waals surface area (Å²) in [5, 5.41) is 0. The quantitative estimate of drug-likeness (QED) is 0.817. The maximum Gasteiger partial charge on any atom is 0.161 e. The third kappa shape index (κ3) is 4.39. The van der Waals surface area contributed by atoms with Gasteiger partial charge >= 0.3 is 0 Å². The third-order valence-electron chi connectivity index (χ3n) is 5.21. The summed E-state index contributed by atoms with van der Waals surface area (Å²) in [5.41, 5.74) is 4.04. The first kappa shape index (κ1) is 18.8. The van der Waals surface area contributed by atoms with Gasteiger partial charge in [0.05, 0.1) is 20.2 Å². The van der Waals surface area contributed by atoms with Gasteiger partial charge in [0, 0.05) is 18.4 Å². The molecule has 1 aliphatic heterocycles. The predicted molar refractivity (Wildman–Crippen MR) is 106 cm³/mol. The Morgan fingerprint density at radius 1 is 1.08 bits per heavy atom. The van der Waals surface area contributed by atoms with Gasteiger partial charge in [-0.05, 0) is 36.1 Å². The van der Waals surface area contributed by atoms with Crippen molar-refractivity contribution in [2.75, 3.05) is 20.2 Å². The molecular weight excluding hydrogens is 322 g/mol. The van der Waals surface area contributed by atoms with E-state index in [-0.39, 0.29) is 0 Å². The minimum atomic E-state index is 0.543. The maximum atomic E-state index is 6.15. The molecule has 0 bridgehead atoms. The van der Waals surface area contributed by atoms with Crippen molar-refractivity contribution in [2.24, 2.45) is 5.92 Å². The highest BCUT2D eigenvalue weighted by Crippen LogP contribution is 2.36. The Bertz CT molecular complexity index is 712. The molecule has 2 aromatic rings. The van der Waals surface area contributed by atoms with Crippen molar-refractivity contribution in [2.45, 2.75) is 46.3 Å². The number of fused-ring (bicyclic) bond motifs is 1. The van der Waals surface area contributed by atoms with Gasteiger partial charge in [-0.2, -0.15) is 0 Å². The molecule has 140 valence electrons. The van der Waals surface area contributed by atoms with Crippen LogP contribution in [0.5, 0.6) is 11.5 Å². The van der Waals surface area contributed by atoms with Crippen LogP contribution in [0.4, 0.5) is 0 Å². The molecule has 3 nitrogen and oxygen atoms in total. The lowest BCUT2D eigenvalue weighted by Gasteiger charge is -2.33. The Kier molecular flexibility index (Phi) is 6.20. The van der Waals surface area contributed by atoms with Gasteiger partial charge in [-0.25, -0.2) is 0 Å². The summed E-state index contributed by atoms with van der Waals surface area (Å²) >= 11 is 0. The zero-order chi connectivity index (χ0) is 18.5. The zero-order valence-corrected chi connectivity index (χ0v) is 16.5. The number of benzene rings is 2. The van der Waals surface area contributed by atoms with Gasteiger partial charge in [0.25, 0.3) is 0 Å². The first-order valence-corrected chi connectivity index (χ1v) is 9.87. The average molecular weight is 355 g/mol. The molecule has 0 radical (unpaired) electrons. The van der Waals surface area contributed by atoms with E-state index in [2.05, 4.69) is 45.2 Å². The van der Waals surface area contributed by atoms with Gasteiger partial charge in [0.15, 0.2) is 11.5 Å². The Morgan fingerprint density at radius 3 is 2.50 bits per heavy atom. The van der Waals surface area contributed by atoms with E-state index in [4.69, 9.17) is 9.47 Å². The van der Waals surface area contributed by atoms with E-state index in [0.717, 1.165) is 17.9 Å². The molecule has 2 aromatic carbocycles. The van der Waals surface area contributed by atoms with Crippen molar-refractivity contribution in [3.05, 3.63) is 59.2 Å². The van der Waals surface area contributed by atoms with Crippen molar-refractivity contribution in [1.29, 1.82) is 0 Å². The van der Waals surface area contributed by atoms with Crippen LogP contribution in [0.3, 0.4) is 0 Å². The largest absolute Gasteiger partial charge is 0.490 e. The molecule has 0 aromatic heterocycles. The molecule has 0 saturated carbocycles. The highest BCUT2D eigenvalue weighted by Gasteiger charge is 2.30. The summed E-state index contributed by atoms with van der Waals surface area (Å²) in [6.07, 6.45) is 2.30. The molecule has 0 saturated heterocycles. The van der Waals surface area contributed by atoms with Crippen LogP contribution in [-0.4, -0.2) is 20.2 Å². The Hall–Kier alpha value is -2.00. The van der Waals surface area contributed by atoms with Crippen molar-refractivity contribution in [3.63, 3.8) is 0 Å². The van der Waals surface area contributed by atoms with Gasteiger partial charge in [-0.15, -0.1) is 0 Å². The number of likely N-dealkylation sites (N-methyl/N-ethyl adjacent to an activating group) is 1. The molecule has 2 atom stereocenters. The van der Waals surface area contributed by atoms with E-state index in [1.807, 2.05) is 25.1 Å². The molecule has 3 heteroatoms. The number of hydrogen-bond donors (Lipinski definition) is 1. The first-order chi connectivity index (χ1) is 12.6. The van der Waals surface area contributed by atoms with Gasteiger partial charge in [-0.1, -0.05) is 44.2 Å². The van der Waals surface area contributed by atoms with Crippen LogP contribution >= 0.6 is 0 Å². The van der Waals surface area contributed by atoms with Gasteiger partial charge < -0.3 is 14.4 Å². The molecule has 0 spiro atoms. The van der Waals surface area contributed by atoms with E-state index in [9.17, 15) is 0 Å². The zero-order valence-electron chi connectivity index (χ0n) is 16.5. The van der Waals surface area contributed by atoms with Crippen LogP contribution in [0.1, 0.15) is 49.9 Å². The second-order valence-electron chi connectivity index (χ2n) is 7.73. The summed E-state index contributed by atoms with van der Waals surface area (Å²) in [5.74, 6) is 2.44. The summed E-state index contributed by atoms with van der Waals surface area (Å²) in [7, 11) is 2.32. The van der Waals surface area contributed by atoms with E-state index >= 15 is 0 Å². The molecule has 1 aliphatic rings. The molecule has 1 heterocycles. The lowest BCUT2D eigenvalue weighted by molar-refractivity contribution is -0.915. The summed E-state index contributed by atoms with van der Waals surface area (Å²) in [4.78, 5) is 1.60. The van der Waals surface area contributed by atoms with Crippen LogP contribution in [0.25, 0.3) is 0 Å². The number of ether oxygens (including phenoxy) is 2. The van der Waals surface area contributed by atoms with Gasteiger partial charge in [-0.3, -0.25) is 0 Å². The molecule has 0 aliphatic carbocycles. The molecule has 1 unspecified atom stereocenters. The van der Waals surface area contributed by atoms with Crippen molar-refractivity contribution in [3.8, 4) is 11.5 Å². The van der Waals surface area contributed by atoms with E-state index < -0.39 is 0 Å². The molecule has 3 rings (SSSR count). The molecule has 1 N–H and O–H groups in total. The SMILES string of the molecule is CCOc1cc2c(cc1OCc1ccccc1)CC[NH+](C)[C@@H]2CC(C)C. The highest BCUT2D eigenvalue weighted by molar-refractivity contribution is 5.49. The van der Waals surface area contributed by atoms with Crippen molar-refractivity contribution in [1.82, 2.24) is 0 Å². The molecule has 0 fully saturated rings. The molecule has 0 amide bonds. The lowest BCUT2D eigenvalue weighted by atomic mass is 9.87. The van der Waals surface area contributed by atoms with Gasteiger partial charge in [0.1, 0.15) is 12.6 Å². The first-order valence-electron chi connectivity index (χ1n) is 9.87. The summed E-state index contributed by atoms with van der Waals surface area (Å²) in [6, 6.07) is 15.3. The van der Waals surface area contributed by atoms with Crippen molar-refractivity contribution >= 4 is 0 Å². The fraction of sp³-hybridized carbons (Fsp3) is 0.478. The normalized spacial score (nSPS) is 19.3. The Labute approximate surface area is 157 Å². The van der Waals surface area contributed by atoms with E-state index in [1.165, 1.54) is 29.7 Å². The topological polar surface area (TPSA) is 22.9 Å². The lowest BCUT2D eigenvalue weighted by Crippen LogP contribution is -3.10. The average Bonchev–Trinajstić information content (AvgIpc) is 2.63. The second-order valence-corrected chi connectivity index (χ2v) is 7.73.